The van der Waals surface area contributed by atoms with Crippen LogP contribution in [0.1, 0.15) is 280 Å². The van der Waals surface area contributed by atoms with Crippen molar-refractivity contribution in [3.05, 3.63) is 30.0 Å². The summed E-state index contributed by atoms with van der Waals surface area (Å²) >= 11 is 0. The predicted octanol–water partition coefficient (Wildman–Crippen LogP) is 12.1. The minimum absolute atomic E-state index is 0.0247. The standard InChI is InChI=1S/C13H24N2O2.C13H22N2O2.C13H24N2O2.C12H21N3O.C12H27N3.C12H22N2O2.2C11H24N2.C10H22N2.C8H18N2/c1-13(2,3)15-7-5-14(6-8-15)11-4-9-17-12(16)10-11;1-13(2,3)15-6-4-14(5-7-15)9-11-8-12(16)17-10-11;1-13(2,3)15-8-6-14(7-9-15)10-11-4-5-12(16)17-11;1-12(2,3)15-7-5-14(6-8-15)10-11-13-4-9-16-11;1-12(2,3)15-10-8-14(9-11-15)7-6-13(4)5;1-12(2,3)14-6-4-13(5-7-14)10-8-11(15)16-9-10;1-10(2,3)13-8-7-12(6)11(4,5)9-13;1-10(2,3)13-8-7-12(6)9-11(13,4)5;1-9-8-12(10(2,3)4)7-6-11(9)5;1-8(2,3)10-6-4-9-5-7-10/h11H,4-10H2,1-3H3;8H,4-7,9-10H2,1-3H3;11H,4-10H2,1-3H3;4,9H,5-8,10H2,1-3H3;6-11H2,1-5H3;10H,4-9H2,1-3H3;2*7-9H2,1-6H3;9H,6-8H2,1-5H3;9H,4-7H2,1-3H3. The van der Waals surface area contributed by atoms with E-state index in [0.29, 0.717) is 96.0 Å². The van der Waals surface area contributed by atoms with Gasteiger partial charge in [0.1, 0.15) is 25.6 Å². The Kier molecular flexibility index (Phi) is 52.0. The van der Waals surface area contributed by atoms with Gasteiger partial charge in [-0.2, -0.15) is 0 Å². The second-order valence-electron chi connectivity index (χ2n) is 55.5. The van der Waals surface area contributed by atoms with Gasteiger partial charge in [0.25, 0.3) is 0 Å². The van der Waals surface area contributed by atoms with Crippen LogP contribution >= 0.6 is 0 Å². The van der Waals surface area contributed by atoms with Gasteiger partial charge >= 0.3 is 23.9 Å². The number of piperazine rings is 10. The van der Waals surface area contributed by atoms with Gasteiger partial charge in [-0.15, -0.1) is 0 Å². The summed E-state index contributed by atoms with van der Waals surface area (Å²) in [6.45, 7) is 129. The van der Waals surface area contributed by atoms with E-state index in [1.807, 2.05) is 0 Å². The maximum atomic E-state index is 11.3. The summed E-state index contributed by atoms with van der Waals surface area (Å²) in [4.78, 5) is 98.1. The van der Waals surface area contributed by atoms with Crippen LogP contribution in [-0.4, -0.2) is 541 Å². The van der Waals surface area contributed by atoms with E-state index >= 15 is 0 Å². The molecule has 31 nitrogen and oxygen atoms in total. The molecule has 0 saturated carbocycles. The number of hydrogen-bond donors (Lipinski definition) is 1. The molecular formula is C115H228N22O9. The number of nitrogens with zero attached hydrogens (tertiary/aromatic N) is 21. The highest BCUT2D eigenvalue weighted by molar-refractivity contribution is 5.85. The zero-order valence-electron chi connectivity index (χ0n) is 102. The van der Waals surface area contributed by atoms with Gasteiger partial charge in [0.15, 0.2) is 0 Å². The average molecular weight is 2060 g/mol. The van der Waals surface area contributed by atoms with E-state index in [2.05, 4.69) is 386 Å². The maximum Gasteiger partial charge on any atom is 0.331 e. The lowest BCUT2D eigenvalue weighted by molar-refractivity contribution is -0.150. The summed E-state index contributed by atoms with van der Waals surface area (Å²) in [6, 6.07) is 1.45. The lowest BCUT2D eigenvalue weighted by Crippen LogP contribution is -2.63. The SMILES string of the molecule is CC(C)(C)N1CCN(C2CCOC(=O)C2)CC1.CC(C)(C)N1CCN(C2COC(=O)C2)CC1.CC(C)(C)N1CCN(CC2=CC(=O)OC2)CC1.CC(C)(C)N1CCN(CC2CCC(=O)O2)CC1.CC(C)(C)N1CCN(Cc2ncco2)CC1.CC(C)(C)N1CCNCC1.CC1CN(C(C)(C)C)CCN1C.CN(C)CCN1CCN(C(C)(C)C)CC1.CN1CCN(C(C)(C)C)C(C)(C)C1.CN1CCN(C(C)(C)C)CC1(C)C. The normalized spacial score (nSPS) is 25.7. The molecule has 14 aliphatic rings. The molecule has 0 aliphatic carbocycles. The minimum atomic E-state index is -0.187. The van der Waals surface area contributed by atoms with E-state index in [-0.39, 0.29) is 57.7 Å². The number of cyclic esters (lactones) is 4. The molecule has 4 atom stereocenters. The lowest BCUT2D eigenvalue weighted by atomic mass is 9.92. The van der Waals surface area contributed by atoms with E-state index in [1.165, 1.54) is 111 Å². The first-order chi connectivity index (χ1) is 67.3. The summed E-state index contributed by atoms with van der Waals surface area (Å²) < 4.78 is 25.5. The molecule has 146 heavy (non-hydrogen) atoms. The number of likely N-dealkylation sites (N-methyl/N-ethyl adjacent to an activating group) is 4. The van der Waals surface area contributed by atoms with Crippen molar-refractivity contribution < 1.29 is 42.5 Å². The van der Waals surface area contributed by atoms with Crippen molar-refractivity contribution >= 4 is 23.9 Å². The summed E-state index contributed by atoms with van der Waals surface area (Å²) in [6.07, 6.45) is 8.79. The minimum Gasteiger partial charge on any atom is -0.466 e. The first-order valence-corrected chi connectivity index (χ1v) is 56.9. The van der Waals surface area contributed by atoms with Crippen molar-refractivity contribution in [3.63, 3.8) is 0 Å². The number of oxazole rings is 1. The van der Waals surface area contributed by atoms with Gasteiger partial charge in [-0.3, -0.25) is 97.7 Å². The third-order valence-electron chi connectivity index (χ3n) is 32.2. The van der Waals surface area contributed by atoms with Crippen molar-refractivity contribution in [3.8, 4) is 0 Å². The second kappa shape index (κ2) is 58.1. The topological polar surface area (TPSA) is 208 Å². The molecule has 13 fully saturated rings. The Labute approximate surface area is 894 Å². The van der Waals surface area contributed by atoms with Gasteiger partial charge in [0.2, 0.25) is 5.89 Å². The highest BCUT2D eigenvalue weighted by Crippen LogP contribution is 2.32. The van der Waals surface area contributed by atoms with E-state index in [1.54, 1.807) is 18.5 Å². The number of nitrogens with one attached hydrogen (secondary N) is 1. The van der Waals surface area contributed by atoms with Crippen LogP contribution in [0.2, 0.25) is 0 Å². The van der Waals surface area contributed by atoms with Crippen LogP contribution in [0.25, 0.3) is 0 Å². The highest BCUT2D eigenvalue weighted by Gasteiger charge is 2.42. The third kappa shape index (κ3) is 47.7. The number of hydrogen-bond acceptors (Lipinski definition) is 31. The Balaban J connectivity index is 0.000000249. The van der Waals surface area contributed by atoms with Crippen LogP contribution in [-0.2, 0) is 44.7 Å². The lowest BCUT2D eigenvalue weighted by Gasteiger charge is -2.52. The number of carbonyl (C=O) groups excluding carboxylic acids is 4. The Morgan fingerprint density at radius 3 is 1.17 bits per heavy atom. The predicted molar refractivity (Wildman–Crippen MR) is 606 cm³/mol. The van der Waals surface area contributed by atoms with Crippen LogP contribution in [0.4, 0.5) is 0 Å². The number of ether oxygens (including phenoxy) is 4. The zero-order valence-corrected chi connectivity index (χ0v) is 102. The maximum absolute atomic E-state index is 11.3. The zero-order chi connectivity index (χ0) is 110. The second-order valence-corrected chi connectivity index (χ2v) is 55.5. The molecule has 1 N–H and O–H groups in total. The molecule has 852 valence electrons. The Morgan fingerprint density at radius 1 is 0.404 bits per heavy atom. The summed E-state index contributed by atoms with van der Waals surface area (Å²) in [5.74, 6) is 0.545. The molecule has 0 aromatic carbocycles. The van der Waals surface area contributed by atoms with Gasteiger partial charge < -0.3 is 43.4 Å². The van der Waals surface area contributed by atoms with Crippen LogP contribution < -0.4 is 5.32 Å². The van der Waals surface area contributed by atoms with Gasteiger partial charge in [0.05, 0.1) is 38.2 Å². The van der Waals surface area contributed by atoms with Gasteiger partial charge in [-0.1, -0.05) is 0 Å². The van der Waals surface area contributed by atoms with Crippen molar-refractivity contribution in [2.75, 3.05) is 323 Å². The van der Waals surface area contributed by atoms with Gasteiger partial charge in [-0.25, -0.2) is 9.78 Å². The molecular weight excluding hydrogens is 1830 g/mol. The molecule has 0 radical (unpaired) electrons. The summed E-state index contributed by atoms with van der Waals surface area (Å²) in [5, 5.41) is 3.35. The van der Waals surface area contributed by atoms with E-state index in [9.17, 15) is 19.2 Å². The summed E-state index contributed by atoms with van der Waals surface area (Å²) in [5.41, 5.74) is 4.75. The fourth-order valence-corrected chi connectivity index (χ4v) is 21.7. The molecule has 1 aromatic heterocycles. The monoisotopic (exact) mass is 2060 g/mol. The highest BCUT2D eigenvalue weighted by atomic mass is 16.6. The Hall–Kier alpha value is -4.01. The number of carbonyl (C=O) groups is 4. The van der Waals surface area contributed by atoms with Crippen LogP contribution in [0, 0.1) is 0 Å². The Bertz CT molecular complexity index is 3860. The first kappa shape index (κ1) is 131. The molecule has 1 aromatic rings. The smallest absolute Gasteiger partial charge is 0.331 e. The number of esters is 4. The number of aromatic nitrogens is 1. The fourth-order valence-electron chi connectivity index (χ4n) is 21.7. The molecule has 31 heteroatoms. The quantitative estimate of drug-likeness (QED) is 0.161. The molecule has 13 saturated heterocycles. The Morgan fingerprint density at radius 2 is 0.808 bits per heavy atom. The van der Waals surface area contributed by atoms with Crippen LogP contribution in [0.15, 0.2) is 28.5 Å². The fraction of sp³-hybridized carbons (Fsp3) is 0.922. The third-order valence-corrected chi connectivity index (χ3v) is 32.2. The van der Waals surface area contributed by atoms with Gasteiger partial charge in [-0.05, 0) is 296 Å². The van der Waals surface area contributed by atoms with E-state index in [4.69, 9.17) is 23.4 Å². The average Bonchev–Trinajstić information content (AvgIpc) is 0.929. The van der Waals surface area contributed by atoms with Crippen molar-refractivity contribution in [2.24, 2.45) is 0 Å². The largest absolute Gasteiger partial charge is 0.466 e. The van der Waals surface area contributed by atoms with Gasteiger partial charge in [0, 0.05) is 359 Å². The molecule has 14 aliphatic heterocycles. The van der Waals surface area contributed by atoms with E-state index < -0.39 is 0 Å². The van der Waals surface area contributed by atoms with Crippen molar-refractivity contribution in [2.45, 2.75) is 372 Å². The molecule has 4 unspecified atom stereocenters. The molecule has 0 bridgehead atoms. The summed E-state index contributed by atoms with van der Waals surface area (Å²) in [7, 11) is 10.9. The van der Waals surface area contributed by atoms with Crippen molar-refractivity contribution in [1.82, 2.24) is 108 Å². The van der Waals surface area contributed by atoms with Crippen LogP contribution in [0.5, 0.6) is 0 Å². The molecule has 15 heterocycles. The van der Waals surface area contributed by atoms with Crippen LogP contribution in [0.3, 0.4) is 0 Å². The van der Waals surface area contributed by atoms with E-state index in [0.717, 1.165) is 188 Å². The molecule has 0 spiro atoms. The molecule has 0 amide bonds. The molecule has 15 rings (SSSR count). The van der Waals surface area contributed by atoms with Crippen molar-refractivity contribution in [1.29, 1.82) is 0 Å². The number of rotatable bonds is 11. The first-order valence-electron chi connectivity index (χ1n) is 56.9.